The summed E-state index contributed by atoms with van der Waals surface area (Å²) in [4.78, 5) is 18.4. The topological polar surface area (TPSA) is 33.2 Å². The van der Waals surface area contributed by atoms with Crippen LogP contribution in [-0.4, -0.2) is 29.4 Å². The Hall–Kier alpha value is -1.09. The van der Waals surface area contributed by atoms with E-state index in [1.165, 1.54) is 25.7 Å². The van der Waals surface area contributed by atoms with E-state index in [2.05, 4.69) is 4.98 Å². The average Bonchev–Trinajstić information content (AvgIpc) is 2.89. The molecule has 1 aliphatic rings. The number of aryl methyl sites for hydroxylation is 1. The molecule has 0 aliphatic heterocycles. The van der Waals surface area contributed by atoms with Gasteiger partial charge in [0.1, 0.15) is 5.15 Å². The zero-order chi connectivity index (χ0) is 13.8. The van der Waals surface area contributed by atoms with Gasteiger partial charge in [0, 0.05) is 24.8 Å². The van der Waals surface area contributed by atoms with Crippen LogP contribution in [0.1, 0.15) is 48.7 Å². The molecule has 0 atom stereocenters. The number of hydrogen-bond donors (Lipinski definition) is 0. The molecule has 1 amide bonds. The van der Waals surface area contributed by atoms with Gasteiger partial charge in [-0.25, -0.2) is 4.98 Å². The van der Waals surface area contributed by atoms with Crippen LogP contribution in [0.15, 0.2) is 12.1 Å². The van der Waals surface area contributed by atoms with E-state index in [1.807, 2.05) is 24.9 Å². The Labute approximate surface area is 120 Å². The van der Waals surface area contributed by atoms with Gasteiger partial charge >= 0.3 is 0 Å². The summed E-state index contributed by atoms with van der Waals surface area (Å²) in [6.07, 6.45) is 5.87. The van der Waals surface area contributed by atoms with Crippen LogP contribution in [-0.2, 0) is 6.42 Å². The summed E-state index contributed by atoms with van der Waals surface area (Å²) in [5.41, 5.74) is 1.52. The lowest BCUT2D eigenvalue weighted by molar-refractivity contribution is 0.0773. The van der Waals surface area contributed by atoms with Gasteiger partial charge in [-0.1, -0.05) is 31.4 Å². The molecular weight excluding hydrogens is 260 g/mol. The highest BCUT2D eigenvalue weighted by Crippen LogP contribution is 2.25. The van der Waals surface area contributed by atoms with Gasteiger partial charge in [0.15, 0.2) is 0 Å². The van der Waals surface area contributed by atoms with Gasteiger partial charge < -0.3 is 4.90 Å². The van der Waals surface area contributed by atoms with Gasteiger partial charge in [-0.15, -0.1) is 0 Å². The maximum absolute atomic E-state index is 12.4. The minimum atomic E-state index is 0.0471. The molecule has 0 bridgehead atoms. The van der Waals surface area contributed by atoms with Crippen LogP contribution in [0.2, 0.25) is 5.15 Å². The van der Waals surface area contributed by atoms with Gasteiger partial charge in [0.2, 0.25) is 0 Å². The lowest BCUT2D eigenvalue weighted by atomic mass is 10.1. The van der Waals surface area contributed by atoms with Gasteiger partial charge in [0.05, 0.1) is 0 Å². The molecule has 0 aromatic carbocycles. The Morgan fingerprint density at radius 2 is 2.11 bits per heavy atom. The maximum Gasteiger partial charge on any atom is 0.253 e. The number of carbonyl (C=O) groups excluding carboxylic acids is 1. The summed E-state index contributed by atoms with van der Waals surface area (Å²) in [5.74, 6) is 0.711. The zero-order valence-electron chi connectivity index (χ0n) is 11.7. The first-order valence-corrected chi connectivity index (χ1v) is 7.40. The van der Waals surface area contributed by atoms with E-state index in [0.717, 1.165) is 18.7 Å². The second kappa shape index (κ2) is 6.38. The summed E-state index contributed by atoms with van der Waals surface area (Å²) in [5, 5.41) is 0.400. The summed E-state index contributed by atoms with van der Waals surface area (Å²) < 4.78 is 0. The molecule has 1 aliphatic carbocycles. The van der Waals surface area contributed by atoms with Crippen molar-refractivity contribution in [3.8, 4) is 0 Å². The molecule has 19 heavy (non-hydrogen) atoms. The SMILES string of the molecule is CCc1cc(C(=O)N(C)CC2CCCC2)cc(Cl)n1. The quantitative estimate of drug-likeness (QED) is 0.790. The van der Waals surface area contributed by atoms with Gasteiger partial charge in [-0.3, -0.25) is 4.79 Å². The highest BCUT2D eigenvalue weighted by molar-refractivity contribution is 6.29. The van der Waals surface area contributed by atoms with Gasteiger partial charge in [-0.2, -0.15) is 0 Å². The van der Waals surface area contributed by atoms with Crippen molar-refractivity contribution in [2.45, 2.75) is 39.0 Å². The molecule has 3 nitrogen and oxygen atoms in total. The third kappa shape index (κ3) is 3.69. The van der Waals surface area contributed by atoms with Crippen molar-refractivity contribution in [3.05, 3.63) is 28.5 Å². The predicted octanol–water partition coefficient (Wildman–Crippen LogP) is 3.56. The van der Waals surface area contributed by atoms with Crippen LogP contribution in [0.5, 0.6) is 0 Å². The molecule has 0 radical (unpaired) electrons. The number of pyridine rings is 1. The molecule has 0 spiro atoms. The van der Waals surface area contributed by atoms with E-state index < -0.39 is 0 Å². The van der Waals surface area contributed by atoms with Gasteiger partial charge in [-0.05, 0) is 37.3 Å². The Bertz CT molecular complexity index is 455. The Morgan fingerprint density at radius 1 is 1.42 bits per heavy atom. The monoisotopic (exact) mass is 280 g/mol. The number of nitrogens with zero attached hydrogens (tertiary/aromatic N) is 2. The first-order valence-electron chi connectivity index (χ1n) is 7.02. The number of halogens is 1. The minimum absolute atomic E-state index is 0.0471. The van der Waals surface area contributed by atoms with Crippen LogP contribution in [0.4, 0.5) is 0 Å². The lowest BCUT2D eigenvalue weighted by Gasteiger charge is -2.21. The Kier molecular flexibility index (Phi) is 4.81. The van der Waals surface area contributed by atoms with Crippen molar-refractivity contribution in [2.24, 2.45) is 5.92 Å². The van der Waals surface area contributed by atoms with E-state index in [1.54, 1.807) is 6.07 Å². The predicted molar refractivity (Wildman–Crippen MR) is 77.5 cm³/mol. The van der Waals surface area contributed by atoms with E-state index in [0.29, 0.717) is 16.6 Å². The smallest absolute Gasteiger partial charge is 0.253 e. The molecule has 4 heteroatoms. The van der Waals surface area contributed by atoms with Crippen LogP contribution in [0.3, 0.4) is 0 Å². The normalized spacial score (nSPS) is 15.7. The zero-order valence-corrected chi connectivity index (χ0v) is 12.4. The molecule has 1 aromatic rings. The molecule has 1 heterocycles. The molecule has 0 saturated heterocycles. The highest BCUT2D eigenvalue weighted by Gasteiger charge is 2.20. The largest absolute Gasteiger partial charge is 0.341 e. The minimum Gasteiger partial charge on any atom is -0.341 e. The lowest BCUT2D eigenvalue weighted by Crippen LogP contribution is -2.31. The van der Waals surface area contributed by atoms with Crippen molar-refractivity contribution < 1.29 is 4.79 Å². The van der Waals surface area contributed by atoms with E-state index in [-0.39, 0.29) is 5.91 Å². The molecule has 2 rings (SSSR count). The third-order valence-electron chi connectivity index (χ3n) is 3.81. The fourth-order valence-electron chi connectivity index (χ4n) is 2.74. The van der Waals surface area contributed by atoms with Crippen molar-refractivity contribution in [1.29, 1.82) is 0 Å². The highest BCUT2D eigenvalue weighted by atomic mass is 35.5. The van der Waals surface area contributed by atoms with E-state index in [4.69, 9.17) is 11.6 Å². The number of rotatable bonds is 4. The van der Waals surface area contributed by atoms with E-state index in [9.17, 15) is 4.79 Å². The van der Waals surface area contributed by atoms with Crippen molar-refractivity contribution in [1.82, 2.24) is 9.88 Å². The number of hydrogen-bond acceptors (Lipinski definition) is 2. The van der Waals surface area contributed by atoms with Crippen LogP contribution < -0.4 is 0 Å². The summed E-state index contributed by atoms with van der Waals surface area (Å²) in [7, 11) is 1.88. The average molecular weight is 281 g/mol. The van der Waals surface area contributed by atoms with E-state index >= 15 is 0 Å². The number of aromatic nitrogens is 1. The van der Waals surface area contributed by atoms with Crippen LogP contribution >= 0.6 is 11.6 Å². The number of carbonyl (C=O) groups is 1. The summed E-state index contributed by atoms with van der Waals surface area (Å²) in [6, 6.07) is 3.51. The molecule has 104 valence electrons. The second-order valence-corrected chi connectivity index (χ2v) is 5.75. The van der Waals surface area contributed by atoms with Crippen molar-refractivity contribution >= 4 is 17.5 Å². The Balaban J connectivity index is 2.07. The molecule has 0 N–H and O–H groups in total. The number of amides is 1. The molecule has 0 unspecified atom stereocenters. The molecule has 1 fully saturated rings. The summed E-state index contributed by atoms with van der Waals surface area (Å²) >= 11 is 5.97. The van der Waals surface area contributed by atoms with Crippen molar-refractivity contribution in [3.63, 3.8) is 0 Å². The Morgan fingerprint density at radius 3 is 2.74 bits per heavy atom. The summed E-state index contributed by atoms with van der Waals surface area (Å²) in [6.45, 7) is 2.86. The first kappa shape index (κ1) is 14.3. The van der Waals surface area contributed by atoms with Crippen LogP contribution in [0, 0.1) is 5.92 Å². The van der Waals surface area contributed by atoms with Crippen molar-refractivity contribution in [2.75, 3.05) is 13.6 Å². The molecule has 1 saturated carbocycles. The standard InChI is InChI=1S/C15H21ClN2O/c1-3-13-8-12(9-14(16)17-13)15(19)18(2)10-11-6-4-5-7-11/h8-9,11H,3-7,10H2,1-2H3. The first-order chi connectivity index (χ1) is 9.10. The third-order valence-corrected chi connectivity index (χ3v) is 4.00. The fraction of sp³-hybridized carbons (Fsp3) is 0.600. The van der Waals surface area contributed by atoms with Crippen LogP contribution in [0.25, 0.3) is 0 Å². The molecule has 1 aromatic heterocycles. The maximum atomic E-state index is 12.4. The second-order valence-electron chi connectivity index (χ2n) is 5.36. The molecular formula is C15H21ClN2O. The fourth-order valence-corrected chi connectivity index (χ4v) is 2.97. The van der Waals surface area contributed by atoms with Gasteiger partial charge in [0.25, 0.3) is 5.91 Å².